The predicted molar refractivity (Wildman–Crippen MR) is 130 cm³/mol. The average molecular weight is 530 g/mol. The number of benzene rings is 1. The second-order valence-corrected chi connectivity index (χ2v) is 7.29. The molecule has 0 radical (unpaired) electrons. The number of nitrogens with zero attached hydrogens (tertiary/aromatic N) is 3. The van der Waals surface area contributed by atoms with Crippen LogP contribution in [0.3, 0.4) is 0 Å². The van der Waals surface area contributed by atoms with Crippen LogP contribution in [0.2, 0.25) is 0 Å². The number of hydrogen-bond acceptors (Lipinski definition) is 3. The fraction of sp³-hybridized carbons (Fsp3) is 0.524. The van der Waals surface area contributed by atoms with E-state index >= 15 is 0 Å². The molecule has 0 atom stereocenters. The van der Waals surface area contributed by atoms with Crippen molar-refractivity contribution in [3.63, 3.8) is 0 Å². The first-order chi connectivity index (χ1) is 14.1. The lowest BCUT2D eigenvalue weighted by atomic mass is 10.1. The maximum Gasteiger partial charge on any atom is 0.219 e. The molecule has 1 aromatic heterocycles. The van der Waals surface area contributed by atoms with Gasteiger partial charge in [-0.3, -0.25) is 14.7 Å². The van der Waals surface area contributed by atoms with E-state index in [1.807, 2.05) is 24.1 Å². The van der Waals surface area contributed by atoms with E-state index in [-0.39, 0.29) is 35.7 Å². The summed E-state index contributed by atoms with van der Waals surface area (Å²) in [4.78, 5) is 23.4. The van der Waals surface area contributed by atoms with Gasteiger partial charge in [0.05, 0.1) is 6.54 Å². The Bertz CT molecular complexity index is 847. The summed E-state index contributed by atoms with van der Waals surface area (Å²) in [6.45, 7) is 10.2. The maximum atomic E-state index is 13.3. The van der Waals surface area contributed by atoms with Gasteiger partial charge >= 0.3 is 0 Å². The summed E-state index contributed by atoms with van der Waals surface area (Å²) in [7, 11) is 0. The monoisotopic (exact) mass is 530 g/mol. The van der Waals surface area contributed by atoms with Gasteiger partial charge in [0, 0.05) is 69.8 Å². The molecule has 3 N–H and O–H groups in total. The molecule has 0 spiro atoms. The third-order valence-corrected chi connectivity index (χ3v) is 5.26. The fourth-order valence-corrected chi connectivity index (χ4v) is 3.61. The fourth-order valence-electron chi connectivity index (χ4n) is 3.61. The van der Waals surface area contributed by atoms with Crippen molar-refractivity contribution in [3.05, 3.63) is 35.8 Å². The Balaban J connectivity index is 0.00000320. The van der Waals surface area contributed by atoms with Crippen LogP contribution in [-0.2, 0) is 11.2 Å². The molecule has 2 heterocycles. The van der Waals surface area contributed by atoms with Gasteiger partial charge in [0.2, 0.25) is 5.91 Å². The van der Waals surface area contributed by atoms with Crippen LogP contribution in [0.25, 0.3) is 10.9 Å². The molecular formula is C21H32FIN6O. The number of aliphatic imine (C=N–C) groups is 1. The van der Waals surface area contributed by atoms with E-state index in [0.29, 0.717) is 6.54 Å². The van der Waals surface area contributed by atoms with Gasteiger partial charge in [0.25, 0.3) is 0 Å². The number of fused-ring (bicyclic) bond motifs is 1. The molecule has 1 saturated heterocycles. The van der Waals surface area contributed by atoms with Gasteiger partial charge in [0.15, 0.2) is 5.96 Å². The van der Waals surface area contributed by atoms with Crippen LogP contribution < -0.4 is 10.6 Å². The molecule has 0 aliphatic carbocycles. The molecule has 0 saturated carbocycles. The van der Waals surface area contributed by atoms with E-state index in [1.165, 1.54) is 12.1 Å². The quantitative estimate of drug-likeness (QED) is 0.292. The molecule has 7 nitrogen and oxygen atoms in total. The molecule has 2 aromatic rings. The van der Waals surface area contributed by atoms with Crippen molar-refractivity contribution in [1.82, 2.24) is 25.4 Å². The third kappa shape index (κ3) is 6.83. The van der Waals surface area contributed by atoms with Crippen molar-refractivity contribution < 1.29 is 9.18 Å². The summed E-state index contributed by atoms with van der Waals surface area (Å²) < 4.78 is 13.3. The first-order valence-corrected chi connectivity index (χ1v) is 10.3. The van der Waals surface area contributed by atoms with Gasteiger partial charge in [-0.25, -0.2) is 4.39 Å². The Morgan fingerprint density at radius 2 is 2.00 bits per heavy atom. The Kier molecular flexibility index (Phi) is 9.83. The first-order valence-electron chi connectivity index (χ1n) is 10.3. The lowest BCUT2D eigenvalue weighted by molar-refractivity contribution is -0.130. The van der Waals surface area contributed by atoms with Gasteiger partial charge in [-0.1, -0.05) is 0 Å². The molecule has 1 aliphatic heterocycles. The molecule has 1 aromatic carbocycles. The van der Waals surface area contributed by atoms with Crippen LogP contribution in [0, 0.1) is 5.82 Å². The molecule has 30 heavy (non-hydrogen) atoms. The standard InChI is InChI=1S/C21H31FN6O.HI/c1-3-23-21(25-8-9-27-10-12-28(13-11-27)16(2)29)24-7-6-17-15-26-20-14-18(22)4-5-19(17)20;/h4-5,14-15,26H,3,6-13H2,1-2H3,(H2,23,24,25);1H. The van der Waals surface area contributed by atoms with Crippen molar-refractivity contribution in [1.29, 1.82) is 0 Å². The van der Waals surface area contributed by atoms with Crippen LogP contribution in [0.1, 0.15) is 19.4 Å². The lowest BCUT2D eigenvalue weighted by Gasteiger charge is -2.33. The smallest absolute Gasteiger partial charge is 0.219 e. The van der Waals surface area contributed by atoms with Gasteiger partial charge in [-0.2, -0.15) is 0 Å². The third-order valence-electron chi connectivity index (χ3n) is 5.26. The van der Waals surface area contributed by atoms with Gasteiger partial charge in [-0.05, 0) is 37.1 Å². The number of halogens is 2. The molecular weight excluding hydrogens is 498 g/mol. The second-order valence-electron chi connectivity index (χ2n) is 7.29. The minimum atomic E-state index is -0.228. The summed E-state index contributed by atoms with van der Waals surface area (Å²) in [5, 5.41) is 7.71. The van der Waals surface area contributed by atoms with E-state index in [1.54, 1.807) is 6.92 Å². The zero-order valence-electron chi connectivity index (χ0n) is 17.7. The number of aromatic amines is 1. The van der Waals surface area contributed by atoms with E-state index < -0.39 is 0 Å². The van der Waals surface area contributed by atoms with Crippen LogP contribution >= 0.6 is 24.0 Å². The number of nitrogens with one attached hydrogen (secondary N) is 3. The molecule has 1 aliphatic rings. The highest BCUT2D eigenvalue weighted by atomic mass is 127. The van der Waals surface area contributed by atoms with Crippen molar-refractivity contribution >= 4 is 46.7 Å². The van der Waals surface area contributed by atoms with E-state index in [4.69, 9.17) is 0 Å². The molecule has 1 fully saturated rings. The number of guanidine groups is 1. The van der Waals surface area contributed by atoms with Crippen molar-refractivity contribution in [2.45, 2.75) is 20.3 Å². The summed E-state index contributed by atoms with van der Waals surface area (Å²) in [5.41, 5.74) is 1.98. The zero-order chi connectivity index (χ0) is 20.6. The van der Waals surface area contributed by atoms with Gasteiger partial charge in [0.1, 0.15) is 5.82 Å². The number of amides is 1. The summed E-state index contributed by atoms with van der Waals surface area (Å²) in [6, 6.07) is 4.84. The highest BCUT2D eigenvalue weighted by Gasteiger charge is 2.17. The number of rotatable bonds is 7. The normalized spacial score (nSPS) is 15.2. The van der Waals surface area contributed by atoms with E-state index in [2.05, 4.69) is 25.5 Å². The lowest BCUT2D eigenvalue weighted by Crippen LogP contribution is -2.48. The largest absolute Gasteiger partial charge is 0.361 e. The number of piperazine rings is 1. The molecule has 0 unspecified atom stereocenters. The van der Waals surface area contributed by atoms with Crippen molar-refractivity contribution in [2.24, 2.45) is 4.99 Å². The number of H-pyrrole nitrogens is 1. The minimum absolute atomic E-state index is 0. The second kappa shape index (κ2) is 12.1. The summed E-state index contributed by atoms with van der Waals surface area (Å²) >= 11 is 0. The molecule has 9 heteroatoms. The highest BCUT2D eigenvalue weighted by Crippen LogP contribution is 2.19. The summed E-state index contributed by atoms with van der Waals surface area (Å²) in [6.07, 6.45) is 2.76. The molecule has 0 bridgehead atoms. The van der Waals surface area contributed by atoms with Crippen LogP contribution in [0.5, 0.6) is 0 Å². The highest BCUT2D eigenvalue weighted by molar-refractivity contribution is 14.0. The Labute approximate surface area is 194 Å². The van der Waals surface area contributed by atoms with Crippen molar-refractivity contribution in [2.75, 3.05) is 52.4 Å². The average Bonchev–Trinajstić information content (AvgIpc) is 3.10. The Morgan fingerprint density at radius 3 is 2.70 bits per heavy atom. The van der Waals surface area contributed by atoms with Gasteiger partial charge < -0.3 is 20.5 Å². The number of carbonyl (C=O) groups excluding carboxylic acids is 1. The Hall–Kier alpha value is -1.88. The number of aromatic nitrogens is 1. The van der Waals surface area contributed by atoms with Crippen LogP contribution in [0.4, 0.5) is 4.39 Å². The zero-order valence-corrected chi connectivity index (χ0v) is 20.0. The maximum absolute atomic E-state index is 13.3. The van der Waals surface area contributed by atoms with Crippen molar-refractivity contribution in [3.8, 4) is 0 Å². The topological polar surface area (TPSA) is 75.8 Å². The minimum Gasteiger partial charge on any atom is -0.361 e. The SMILES string of the molecule is CCNC(=NCCN1CCN(C(C)=O)CC1)NCCc1c[nH]c2cc(F)ccc12.I. The Morgan fingerprint density at radius 1 is 1.23 bits per heavy atom. The van der Waals surface area contributed by atoms with Crippen LogP contribution in [0.15, 0.2) is 29.4 Å². The molecule has 166 valence electrons. The van der Waals surface area contributed by atoms with Gasteiger partial charge in [-0.15, -0.1) is 24.0 Å². The van der Waals surface area contributed by atoms with E-state index in [0.717, 1.165) is 74.7 Å². The number of hydrogen-bond donors (Lipinski definition) is 3. The first kappa shape index (κ1) is 24.4. The van der Waals surface area contributed by atoms with E-state index in [9.17, 15) is 9.18 Å². The molecule has 3 rings (SSSR count). The summed E-state index contributed by atoms with van der Waals surface area (Å²) in [5.74, 6) is 0.732. The van der Waals surface area contributed by atoms with Crippen LogP contribution in [-0.4, -0.2) is 79.0 Å². The molecule has 1 amide bonds. The number of carbonyl (C=O) groups is 1. The predicted octanol–water partition coefficient (Wildman–Crippen LogP) is 2.19.